The van der Waals surface area contributed by atoms with Crippen molar-refractivity contribution in [1.29, 1.82) is 0 Å². The maximum absolute atomic E-state index is 2.55. The Bertz CT molecular complexity index is 821. The molecule has 1 aromatic rings. The molecule has 0 amide bonds. The number of aryl methyl sites for hydroxylation is 1. The zero-order valence-corrected chi connectivity index (χ0v) is 19.6. The molecule has 0 atom stereocenters. The van der Waals surface area contributed by atoms with Crippen molar-refractivity contribution in [2.24, 2.45) is 0 Å². The molecule has 0 aromatic heterocycles. The summed E-state index contributed by atoms with van der Waals surface area (Å²) in [4.78, 5) is 0. The second-order valence-corrected chi connectivity index (χ2v) is 14.8. The molecule has 3 aliphatic rings. The summed E-state index contributed by atoms with van der Waals surface area (Å²) in [5, 5.41) is 0. The first kappa shape index (κ1) is 16.8. The fourth-order valence-electron chi connectivity index (χ4n) is 5.02. The van der Waals surface area contributed by atoms with Gasteiger partial charge in [0, 0.05) is 0 Å². The first-order valence-electron chi connectivity index (χ1n) is 9.32. The minimum absolute atomic E-state index is 0.413. The van der Waals surface area contributed by atoms with Crippen LogP contribution in [0.5, 0.6) is 0 Å². The fraction of sp³-hybridized carbons (Fsp3) is 0.478. The van der Waals surface area contributed by atoms with Crippen LogP contribution in [0.3, 0.4) is 0 Å². The molecule has 0 spiro atoms. The Kier molecular flexibility index (Phi) is 3.95. The van der Waals surface area contributed by atoms with E-state index in [9.17, 15) is 0 Å². The molecule has 3 aliphatic carbocycles. The van der Waals surface area contributed by atoms with Crippen LogP contribution in [-0.4, -0.2) is 0 Å². The number of hydrogen-bond donors (Lipinski definition) is 0. The molecule has 0 unspecified atom stereocenters. The van der Waals surface area contributed by atoms with Crippen molar-refractivity contribution in [2.45, 2.75) is 70.4 Å². The number of benzene rings is 1. The van der Waals surface area contributed by atoms with Crippen molar-refractivity contribution < 1.29 is 22.9 Å². The van der Waals surface area contributed by atoms with E-state index in [2.05, 4.69) is 53.7 Å². The minimum atomic E-state index is -0.971. The number of rotatable bonds is 2. The SMILES string of the molecule is CC1=C(C)[C](C)([Hf][C]2=C(C)c3c(ccc4c3CCC4)C2)C(C)=C1C. The Balaban J connectivity index is 1.75. The standard InChI is InChI=1S/C13H13.C10H15.Hf/c1-9-5-6-11-8-7-10-3-2-4-12(10)13(9)11;1-6-7(2)9(4)10(5)8(6)3;/h7-8H,2-4,6H2,1H3;1-5H3;. The van der Waals surface area contributed by atoms with Crippen molar-refractivity contribution in [1.82, 2.24) is 0 Å². The van der Waals surface area contributed by atoms with Gasteiger partial charge in [-0.15, -0.1) is 0 Å². The Morgan fingerprint density at radius 2 is 1.46 bits per heavy atom. The normalized spacial score (nSPS) is 21.8. The summed E-state index contributed by atoms with van der Waals surface area (Å²) in [6, 6.07) is 4.87. The van der Waals surface area contributed by atoms with Crippen molar-refractivity contribution >= 4 is 5.57 Å². The third kappa shape index (κ3) is 2.19. The molecule has 0 nitrogen and oxygen atoms in total. The average molecular weight is 483 g/mol. The van der Waals surface area contributed by atoms with Crippen LogP contribution in [-0.2, 0) is 42.2 Å². The molecule has 0 heterocycles. The molecule has 0 bridgehead atoms. The molecular weight excluding hydrogens is 455 g/mol. The van der Waals surface area contributed by atoms with Crippen molar-refractivity contribution in [3.05, 3.63) is 60.0 Å². The predicted molar refractivity (Wildman–Crippen MR) is 99.9 cm³/mol. The molecule has 0 aliphatic heterocycles. The predicted octanol–water partition coefficient (Wildman–Crippen LogP) is 6.41. The van der Waals surface area contributed by atoms with Crippen LogP contribution in [0, 0.1) is 0 Å². The quantitative estimate of drug-likeness (QED) is 0.427. The van der Waals surface area contributed by atoms with Crippen LogP contribution >= 0.6 is 0 Å². The van der Waals surface area contributed by atoms with E-state index in [1.54, 1.807) is 50.1 Å². The fourth-order valence-corrected chi connectivity index (χ4v) is 12.0. The van der Waals surface area contributed by atoms with Crippen LogP contribution in [0.4, 0.5) is 0 Å². The summed E-state index contributed by atoms with van der Waals surface area (Å²) in [7, 11) is 0. The zero-order chi connectivity index (χ0) is 17.2. The number of allylic oxidation sites excluding steroid dienone is 6. The maximum atomic E-state index is 2.55. The van der Waals surface area contributed by atoms with Gasteiger partial charge in [0.05, 0.1) is 0 Å². The molecule has 0 N–H and O–H groups in total. The van der Waals surface area contributed by atoms with Crippen LogP contribution in [0.2, 0.25) is 3.17 Å². The molecule has 1 aromatic carbocycles. The summed E-state index contributed by atoms with van der Waals surface area (Å²) in [5.41, 5.74) is 14.8. The van der Waals surface area contributed by atoms with Gasteiger partial charge in [-0.3, -0.25) is 0 Å². The van der Waals surface area contributed by atoms with Crippen LogP contribution in [0.1, 0.15) is 70.2 Å². The number of hydrogen-bond acceptors (Lipinski definition) is 0. The van der Waals surface area contributed by atoms with Gasteiger partial charge in [0.1, 0.15) is 0 Å². The third-order valence-corrected chi connectivity index (χ3v) is 14.7. The van der Waals surface area contributed by atoms with Crippen LogP contribution < -0.4 is 0 Å². The zero-order valence-electron chi connectivity index (χ0n) is 16.0. The van der Waals surface area contributed by atoms with E-state index in [0.717, 1.165) is 0 Å². The molecule has 0 saturated heterocycles. The Hall–Kier alpha value is -0.690. The molecule has 0 saturated carbocycles. The summed E-state index contributed by atoms with van der Waals surface area (Å²) < 4.78 is 2.28. The molecule has 1 heteroatoms. The number of fused-ring (bicyclic) bond motifs is 3. The van der Waals surface area contributed by atoms with E-state index in [1.807, 2.05) is 3.33 Å². The Morgan fingerprint density at radius 3 is 2.12 bits per heavy atom. The second-order valence-electron chi connectivity index (χ2n) is 8.12. The van der Waals surface area contributed by atoms with Gasteiger partial charge in [-0.25, -0.2) is 0 Å². The Labute approximate surface area is 158 Å². The van der Waals surface area contributed by atoms with Gasteiger partial charge in [0.25, 0.3) is 0 Å². The van der Waals surface area contributed by atoms with Crippen LogP contribution in [0.15, 0.2) is 37.8 Å². The van der Waals surface area contributed by atoms with Gasteiger partial charge < -0.3 is 0 Å². The van der Waals surface area contributed by atoms with Crippen molar-refractivity contribution in [2.75, 3.05) is 0 Å². The summed E-state index contributed by atoms with van der Waals surface area (Å²) in [5.74, 6) is 0. The van der Waals surface area contributed by atoms with Gasteiger partial charge in [-0.1, -0.05) is 0 Å². The molecule has 0 radical (unpaired) electrons. The summed E-state index contributed by atoms with van der Waals surface area (Å²) in [6.07, 6.45) is 5.22. The topological polar surface area (TPSA) is 0 Å². The van der Waals surface area contributed by atoms with Gasteiger partial charge in [-0.2, -0.15) is 0 Å². The van der Waals surface area contributed by atoms with Gasteiger partial charge in [-0.05, 0) is 0 Å². The third-order valence-electron chi connectivity index (χ3n) is 7.15. The van der Waals surface area contributed by atoms with Gasteiger partial charge >= 0.3 is 159 Å². The Morgan fingerprint density at radius 1 is 0.833 bits per heavy atom. The van der Waals surface area contributed by atoms with E-state index in [4.69, 9.17) is 0 Å². The van der Waals surface area contributed by atoms with E-state index in [0.29, 0.717) is 3.17 Å². The van der Waals surface area contributed by atoms with Crippen LogP contribution in [0.25, 0.3) is 5.57 Å². The van der Waals surface area contributed by atoms with Gasteiger partial charge in [0.2, 0.25) is 0 Å². The van der Waals surface area contributed by atoms with E-state index in [1.165, 1.54) is 25.7 Å². The van der Waals surface area contributed by atoms with Gasteiger partial charge in [0.15, 0.2) is 0 Å². The molecule has 4 rings (SSSR count). The molecule has 124 valence electrons. The molecular formula is C23H28Hf. The average Bonchev–Trinajstić information content (AvgIpc) is 3.19. The first-order chi connectivity index (χ1) is 11.3. The molecule has 0 fully saturated rings. The van der Waals surface area contributed by atoms with Crippen molar-refractivity contribution in [3.63, 3.8) is 0 Å². The molecule has 24 heavy (non-hydrogen) atoms. The van der Waals surface area contributed by atoms with Crippen molar-refractivity contribution in [3.8, 4) is 0 Å². The summed E-state index contributed by atoms with van der Waals surface area (Å²) >= 11 is -0.971. The second kappa shape index (κ2) is 5.66. The monoisotopic (exact) mass is 484 g/mol. The summed E-state index contributed by atoms with van der Waals surface area (Å²) in [6.45, 7) is 14.5. The van der Waals surface area contributed by atoms with E-state index in [-0.39, 0.29) is 0 Å². The van der Waals surface area contributed by atoms with E-state index >= 15 is 0 Å². The first-order valence-corrected chi connectivity index (χ1v) is 12.9. The van der Waals surface area contributed by atoms with E-state index < -0.39 is 22.9 Å².